The van der Waals surface area contributed by atoms with Gasteiger partial charge in [0.2, 0.25) is 5.56 Å². The van der Waals surface area contributed by atoms with Crippen LogP contribution in [0.2, 0.25) is 0 Å². The summed E-state index contributed by atoms with van der Waals surface area (Å²) in [6.45, 7) is 0. The van der Waals surface area contributed by atoms with E-state index >= 15 is 0 Å². The summed E-state index contributed by atoms with van der Waals surface area (Å²) in [7, 11) is 0. The van der Waals surface area contributed by atoms with Gasteiger partial charge in [-0.15, -0.1) is 0 Å². The largest absolute Gasteiger partial charge is 0.480 e. The van der Waals surface area contributed by atoms with E-state index in [0.29, 0.717) is 0 Å². The molecule has 9 heteroatoms. The van der Waals surface area contributed by atoms with Crippen LogP contribution >= 0.6 is 0 Å². The number of carbonyl (C=O) groups is 2. The first kappa shape index (κ1) is 14.7. The highest BCUT2D eigenvalue weighted by Gasteiger charge is 2.40. The first-order chi connectivity index (χ1) is 8.70. The monoisotopic (exact) mass is 278 g/mol. The molecule has 0 radical (unpaired) electrons. The van der Waals surface area contributed by atoms with Crippen molar-refractivity contribution in [3.63, 3.8) is 0 Å². The van der Waals surface area contributed by atoms with E-state index in [4.69, 9.17) is 5.11 Å². The summed E-state index contributed by atoms with van der Waals surface area (Å²) in [6, 6.07) is 0.600. The van der Waals surface area contributed by atoms with Crippen LogP contribution in [0.15, 0.2) is 23.1 Å². The van der Waals surface area contributed by atoms with Crippen molar-refractivity contribution >= 4 is 11.9 Å². The quantitative estimate of drug-likeness (QED) is 0.724. The number of alkyl halides is 3. The summed E-state index contributed by atoms with van der Waals surface area (Å²) in [4.78, 5) is 34.7. The molecule has 1 aromatic rings. The third-order valence-corrected chi connectivity index (χ3v) is 2.14. The molecule has 104 valence electrons. The van der Waals surface area contributed by atoms with Crippen LogP contribution in [0.5, 0.6) is 0 Å². The van der Waals surface area contributed by atoms with E-state index in [9.17, 15) is 27.6 Å². The average Bonchev–Trinajstić information content (AvgIpc) is 2.26. The molecule has 0 spiro atoms. The van der Waals surface area contributed by atoms with Crippen LogP contribution in [-0.2, 0) is 16.0 Å². The second kappa shape index (κ2) is 5.55. The molecule has 0 aromatic carbocycles. The van der Waals surface area contributed by atoms with Crippen molar-refractivity contribution in [1.29, 1.82) is 0 Å². The number of pyridine rings is 1. The molecule has 0 saturated carbocycles. The minimum Gasteiger partial charge on any atom is -0.480 e. The number of nitrogens with one attached hydrogen (secondary N) is 2. The van der Waals surface area contributed by atoms with Gasteiger partial charge in [-0.25, -0.2) is 4.79 Å². The first-order valence-corrected chi connectivity index (χ1v) is 4.98. The summed E-state index contributed by atoms with van der Waals surface area (Å²) in [5.74, 6) is -3.97. The predicted molar refractivity (Wildman–Crippen MR) is 56.4 cm³/mol. The molecule has 1 amide bonds. The summed E-state index contributed by atoms with van der Waals surface area (Å²) in [6.07, 6.45) is -4.37. The summed E-state index contributed by atoms with van der Waals surface area (Å²) in [5.41, 5.74) is -0.331. The van der Waals surface area contributed by atoms with Gasteiger partial charge >= 0.3 is 18.1 Å². The standard InChI is InChI=1S/C10H9F3N2O4/c11-10(12,13)9(19)15-6(8(17)18)3-5-1-2-14-7(16)4-5/h1-2,4,6H,3H2,(H,14,16)(H,15,19)(H,17,18). The number of carboxylic acid groups (broad SMARTS) is 1. The van der Waals surface area contributed by atoms with Crippen molar-refractivity contribution in [1.82, 2.24) is 10.3 Å². The Kier molecular flexibility index (Phi) is 4.30. The summed E-state index contributed by atoms with van der Waals surface area (Å²) >= 11 is 0. The molecule has 0 aliphatic rings. The molecule has 1 heterocycles. The van der Waals surface area contributed by atoms with Crippen molar-refractivity contribution in [2.24, 2.45) is 0 Å². The number of amides is 1. The van der Waals surface area contributed by atoms with Crippen molar-refractivity contribution in [3.8, 4) is 0 Å². The van der Waals surface area contributed by atoms with Crippen LogP contribution < -0.4 is 10.9 Å². The summed E-state index contributed by atoms with van der Waals surface area (Å²) in [5, 5.41) is 10.1. The Balaban J connectivity index is 2.83. The highest BCUT2D eigenvalue weighted by atomic mass is 19.4. The van der Waals surface area contributed by atoms with Crippen LogP contribution in [0.25, 0.3) is 0 Å². The normalized spacial score (nSPS) is 12.8. The Labute approximate surface area is 104 Å². The van der Waals surface area contributed by atoms with E-state index in [-0.39, 0.29) is 5.56 Å². The molecule has 1 rings (SSSR count). The van der Waals surface area contributed by atoms with Crippen molar-refractivity contribution in [3.05, 3.63) is 34.2 Å². The second-order valence-electron chi connectivity index (χ2n) is 3.63. The summed E-state index contributed by atoms with van der Waals surface area (Å²) < 4.78 is 36.0. The molecular formula is C10H9F3N2O4. The molecule has 0 aliphatic carbocycles. The zero-order valence-electron chi connectivity index (χ0n) is 9.32. The molecule has 1 unspecified atom stereocenters. The van der Waals surface area contributed by atoms with E-state index in [1.165, 1.54) is 17.6 Å². The second-order valence-corrected chi connectivity index (χ2v) is 3.63. The van der Waals surface area contributed by atoms with E-state index in [1.54, 1.807) is 0 Å². The highest BCUT2D eigenvalue weighted by molar-refractivity contribution is 5.87. The lowest BCUT2D eigenvalue weighted by Gasteiger charge is -2.15. The van der Waals surface area contributed by atoms with Crippen LogP contribution in [0.4, 0.5) is 13.2 Å². The van der Waals surface area contributed by atoms with Gasteiger partial charge in [0.1, 0.15) is 6.04 Å². The SMILES string of the molecule is O=C(O)C(Cc1cc[nH]c(=O)c1)NC(=O)C(F)(F)F. The number of carboxylic acids is 1. The lowest BCUT2D eigenvalue weighted by molar-refractivity contribution is -0.175. The lowest BCUT2D eigenvalue weighted by Crippen LogP contribution is -2.47. The number of rotatable bonds is 4. The fraction of sp³-hybridized carbons (Fsp3) is 0.300. The molecule has 0 bridgehead atoms. The van der Waals surface area contributed by atoms with Gasteiger partial charge in [-0.2, -0.15) is 13.2 Å². The number of hydrogen-bond acceptors (Lipinski definition) is 3. The average molecular weight is 278 g/mol. The molecule has 0 aliphatic heterocycles. The van der Waals surface area contributed by atoms with Gasteiger partial charge in [-0.3, -0.25) is 9.59 Å². The van der Waals surface area contributed by atoms with Crippen molar-refractivity contribution in [2.45, 2.75) is 18.6 Å². The fourth-order valence-corrected chi connectivity index (χ4v) is 1.29. The fourth-order valence-electron chi connectivity index (χ4n) is 1.29. The minimum atomic E-state index is -5.16. The van der Waals surface area contributed by atoms with E-state index in [0.717, 1.165) is 6.07 Å². The van der Waals surface area contributed by atoms with Gasteiger partial charge in [0.15, 0.2) is 0 Å². The highest BCUT2D eigenvalue weighted by Crippen LogP contribution is 2.15. The van der Waals surface area contributed by atoms with Crippen LogP contribution in [-0.4, -0.2) is 34.2 Å². The first-order valence-electron chi connectivity index (χ1n) is 4.98. The topological polar surface area (TPSA) is 99.3 Å². The number of hydrogen-bond donors (Lipinski definition) is 3. The minimum absolute atomic E-state index is 0.193. The van der Waals surface area contributed by atoms with Gasteiger partial charge in [0.25, 0.3) is 0 Å². The molecule has 1 atom stereocenters. The maximum atomic E-state index is 12.0. The van der Waals surface area contributed by atoms with Gasteiger partial charge in [0, 0.05) is 18.7 Å². The van der Waals surface area contributed by atoms with Crippen LogP contribution in [0, 0.1) is 0 Å². The molecule has 0 saturated heterocycles. The third-order valence-electron chi connectivity index (χ3n) is 2.14. The van der Waals surface area contributed by atoms with Crippen molar-refractivity contribution in [2.75, 3.05) is 0 Å². The lowest BCUT2D eigenvalue weighted by atomic mass is 10.1. The zero-order valence-corrected chi connectivity index (χ0v) is 9.32. The van der Waals surface area contributed by atoms with Gasteiger partial charge in [-0.1, -0.05) is 0 Å². The Bertz CT molecular complexity index is 538. The van der Waals surface area contributed by atoms with Crippen LogP contribution in [0.1, 0.15) is 5.56 Å². The molecule has 0 fully saturated rings. The Morgan fingerprint density at radius 2 is 2.05 bits per heavy atom. The molecule has 3 N–H and O–H groups in total. The maximum Gasteiger partial charge on any atom is 0.471 e. The van der Waals surface area contributed by atoms with Gasteiger partial charge in [-0.05, 0) is 11.6 Å². The van der Waals surface area contributed by atoms with E-state index < -0.39 is 36.1 Å². The van der Waals surface area contributed by atoms with Gasteiger partial charge in [0.05, 0.1) is 0 Å². The smallest absolute Gasteiger partial charge is 0.471 e. The molecule has 6 nitrogen and oxygen atoms in total. The Morgan fingerprint density at radius 1 is 1.42 bits per heavy atom. The molecule has 19 heavy (non-hydrogen) atoms. The predicted octanol–water partition coefficient (Wildman–Crippen LogP) is 0.0491. The number of H-pyrrole nitrogens is 1. The Morgan fingerprint density at radius 3 is 2.53 bits per heavy atom. The third kappa shape index (κ3) is 4.45. The van der Waals surface area contributed by atoms with Crippen LogP contribution in [0.3, 0.4) is 0 Å². The number of aromatic amines is 1. The number of aromatic nitrogens is 1. The zero-order chi connectivity index (χ0) is 14.6. The van der Waals surface area contributed by atoms with E-state index in [1.807, 2.05) is 0 Å². The molecule has 1 aromatic heterocycles. The van der Waals surface area contributed by atoms with Gasteiger partial charge < -0.3 is 15.4 Å². The number of carbonyl (C=O) groups excluding carboxylic acids is 1. The number of halogens is 3. The number of aliphatic carboxylic acids is 1. The maximum absolute atomic E-state index is 12.0. The van der Waals surface area contributed by atoms with E-state index in [2.05, 4.69) is 4.98 Å². The van der Waals surface area contributed by atoms with Crippen molar-refractivity contribution < 1.29 is 27.9 Å². The molecular weight excluding hydrogens is 269 g/mol. The Hall–Kier alpha value is -2.32.